The van der Waals surface area contributed by atoms with Crippen molar-refractivity contribution in [2.75, 3.05) is 7.05 Å². The number of nitrogens with one attached hydrogen (secondary N) is 3. The van der Waals surface area contributed by atoms with Gasteiger partial charge in [0.05, 0.1) is 8.66 Å². The first-order valence-corrected chi connectivity index (χ1v) is 6.58. The molecule has 0 saturated carbocycles. The smallest absolute Gasteiger partial charge is 0.279 e. The van der Waals surface area contributed by atoms with E-state index in [1.165, 1.54) is 11.3 Å². The second-order valence-electron chi connectivity index (χ2n) is 2.39. The first-order chi connectivity index (χ1) is 7.04. The number of thiophene rings is 1. The predicted molar refractivity (Wildman–Crippen MR) is 72.0 cm³/mol. The molecule has 0 saturated heterocycles. The third kappa shape index (κ3) is 3.71. The zero-order valence-corrected chi connectivity index (χ0v) is 12.4. The number of rotatable bonds is 1. The summed E-state index contributed by atoms with van der Waals surface area (Å²) in [6, 6.07) is 1.73. The molecule has 1 heterocycles. The molecule has 0 aliphatic carbocycles. The number of halogens is 2. The number of hydrogen-bond donors (Lipinski definition) is 3. The Labute approximate surface area is 113 Å². The maximum absolute atomic E-state index is 11.5. The van der Waals surface area contributed by atoms with Crippen LogP contribution in [0.2, 0.25) is 0 Å². The van der Waals surface area contributed by atoms with Gasteiger partial charge in [0.25, 0.3) is 5.91 Å². The van der Waals surface area contributed by atoms with Crippen LogP contribution in [0, 0.1) is 0 Å². The quantitative estimate of drug-likeness (QED) is 0.521. The van der Waals surface area contributed by atoms with Crippen LogP contribution in [0.3, 0.4) is 0 Å². The largest absolute Gasteiger partial charge is 0.364 e. The minimum absolute atomic E-state index is 0.232. The Morgan fingerprint density at radius 3 is 2.60 bits per heavy atom. The Kier molecular flexibility index (Phi) is 4.97. The maximum Gasteiger partial charge on any atom is 0.279 e. The van der Waals surface area contributed by atoms with Gasteiger partial charge in [-0.2, -0.15) is 0 Å². The molecule has 4 nitrogen and oxygen atoms in total. The van der Waals surface area contributed by atoms with Crippen LogP contribution < -0.4 is 16.2 Å². The Bertz CT molecular complexity index is 374. The van der Waals surface area contributed by atoms with Crippen molar-refractivity contribution in [3.63, 3.8) is 0 Å². The zero-order valence-electron chi connectivity index (χ0n) is 7.56. The summed E-state index contributed by atoms with van der Waals surface area (Å²) < 4.78 is 1.73. The van der Waals surface area contributed by atoms with Gasteiger partial charge >= 0.3 is 0 Å². The molecule has 1 aromatic rings. The van der Waals surface area contributed by atoms with E-state index < -0.39 is 0 Å². The Morgan fingerprint density at radius 1 is 1.47 bits per heavy atom. The molecule has 15 heavy (non-hydrogen) atoms. The molecule has 0 bridgehead atoms. The molecule has 0 atom stereocenters. The molecule has 82 valence electrons. The molecule has 0 aliphatic heterocycles. The van der Waals surface area contributed by atoms with Gasteiger partial charge in [0.2, 0.25) is 0 Å². The van der Waals surface area contributed by atoms with Crippen molar-refractivity contribution in [3.8, 4) is 0 Å². The van der Waals surface area contributed by atoms with Crippen LogP contribution in [-0.4, -0.2) is 18.1 Å². The fourth-order valence-corrected chi connectivity index (χ4v) is 2.68. The average molecular weight is 373 g/mol. The molecule has 0 fully saturated rings. The molecule has 1 amide bonds. The molecule has 1 rings (SSSR count). The van der Waals surface area contributed by atoms with Crippen molar-refractivity contribution in [2.24, 2.45) is 0 Å². The number of thiocarbonyl (C=S) groups is 1. The molecule has 0 spiro atoms. The van der Waals surface area contributed by atoms with Gasteiger partial charge < -0.3 is 5.32 Å². The Balaban J connectivity index is 2.58. The van der Waals surface area contributed by atoms with E-state index in [4.69, 9.17) is 12.2 Å². The monoisotopic (exact) mass is 371 g/mol. The summed E-state index contributed by atoms with van der Waals surface area (Å²) in [5, 5.41) is 3.04. The number of hydrazine groups is 1. The summed E-state index contributed by atoms with van der Waals surface area (Å²) in [5.41, 5.74) is 5.02. The number of carbonyl (C=O) groups excluding carboxylic acids is 1. The van der Waals surface area contributed by atoms with Crippen molar-refractivity contribution in [2.45, 2.75) is 0 Å². The lowest BCUT2D eigenvalue weighted by atomic mass is 10.4. The van der Waals surface area contributed by atoms with E-state index in [0.717, 1.165) is 8.26 Å². The van der Waals surface area contributed by atoms with Gasteiger partial charge in [-0.3, -0.25) is 15.6 Å². The van der Waals surface area contributed by atoms with Crippen molar-refractivity contribution < 1.29 is 4.79 Å². The lowest BCUT2D eigenvalue weighted by Crippen LogP contribution is -2.45. The first-order valence-electron chi connectivity index (χ1n) is 3.77. The van der Waals surface area contributed by atoms with Crippen molar-refractivity contribution in [3.05, 3.63) is 19.2 Å². The van der Waals surface area contributed by atoms with Gasteiger partial charge in [0.1, 0.15) is 0 Å². The van der Waals surface area contributed by atoms with Gasteiger partial charge in [0.15, 0.2) is 5.11 Å². The molecule has 8 heteroatoms. The van der Waals surface area contributed by atoms with Crippen LogP contribution in [0.15, 0.2) is 14.3 Å². The van der Waals surface area contributed by atoms with Gasteiger partial charge in [-0.15, -0.1) is 11.3 Å². The standard InChI is InChI=1S/C7H7Br2N3OS2/c1-10-7(14)12-11-6(13)4-2-3(8)5(9)15-4/h2H,1H3,(H,11,13)(H2,10,12,14). The lowest BCUT2D eigenvalue weighted by molar-refractivity contribution is 0.0948. The third-order valence-corrected chi connectivity index (χ3v) is 4.95. The number of carbonyl (C=O) groups is 1. The van der Waals surface area contributed by atoms with Crippen LogP contribution in [0.5, 0.6) is 0 Å². The summed E-state index contributed by atoms with van der Waals surface area (Å²) in [6.07, 6.45) is 0. The molecular weight excluding hydrogens is 366 g/mol. The van der Waals surface area contributed by atoms with Crippen molar-refractivity contribution >= 4 is 66.4 Å². The summed E-state index contributed by atoms with van der Waals surface area (Å²) in [5.74, 6) is -0.232. The van der Waals surface area contributed by atoms with Gasteiger partial charge in [0, 0.05) is 11.5 Å². The molecule has 1 aromatic heterocycles. The van der Waals surface area contributed by atoms with E-state index in [2.05, 4.69) is 48.0 Å². The fraction of sp³-hybridized carbons (Fsp3) is 0.143. The van der Waals surface area contributed by atoms with E-state index in [1.54, 1.807) is 13.1 Å². The summed E-state index contributed by atoms with van der Waals surface area (Å²) in [4.78, 5) is 12.1. The van der Waals surface area contributed by atoms with E-state index in [1.807, 2.05) is 0 Å². The second-order valence-corrected chi connectivity index (χ2v) is 6.02. The minimum Gasteiger partial charge on any atom is -0.364 e. The molecule has 0 aromatic carbocycles. The third-order valence-electron chi connectivity index (χ3n) is 1.39. The second kappa shape index (κ2) is 5.78. The topological polar surface area (TPSA) is 53.2 Å². The highest BCUT2D eigenvalue weighted by Gasteiger charge is 2.11. The average Bonchev–Trinajstić information content (AvgIpc) is 2.55. The summed E-state index contributed by atoms with van der Waals surface area (Å²) in [6.45, 7) is 0. The minimum atomic E-state index is -0.232. The fourth-order valence-electron chi connectivity index (χ4n) is 0.696. The first kappa shape index (κ1) is 12.9. The van der Waals surface area contributed by atoms with Crippen molar-refractivity contribution in [1.29, 1.82) is 0 Å². The highest BCUT2D eigenvalue weighted by atomic mass is 79.9. The highest BCUT2D eigenvalue weighted by Crippen LogP contribution is 2.32. The van der Waals surface area contributed by atoms with E-state index >= 15 is 0 Å². The molecule has 0 unspecified atom stereocenters. The van der Waals surface area contributed by atoms with Gasteiger partial charge in [-0.05, 0) is 50.1 Å². The normalized spacial score (nSPS) is 9.53. The van der Waals surface area contributed by atoms with Crippen LogP contribution in [0.1, 0.15) is 9.67 Å². The molecular formula is C7H7Br2N3OS2. The maximum atomic E-state index is 11.5. The molecule has 0 radical (unpaired) electrons. The molecule has 0 aliphatic rings. The Hall–Kier alpha value is -0.180. The zero-order chi connectivity index (χ0) is 11.4. The van der Waals surface area contributed by atoms with Crippen LogP contribution in [0.25, 0.3) is 0 Å². The molecule has 3 N–H and O–H groups in total. The number of hydrogen-bond acceptors (Lipinski definition) is 3. The predicted octanol–water partition coefficient (Wildman–Crippen LogP) is 2.01. The van der Waals surface area contributed by atoms with Crippen molar-refractivity contribution in [1.82, 2.24) is 16.2 Å². The van der Waals surface area contributed by atoms with Crippen LogP contribution >= 0.6 is 55.4 Å². The van der Waals surface area contributed by atoms with E-state index in [-0.39, 0.29) is 5.91 Å². The number of amides is 1. The van der Waals surface area contributed by atoms with Crippen LogP contribution in [-0.2, 0) is 0 Å². The van der Waals surface area contributed by atoms with E-state index in [0.29, 0.717) is 9.99 Å². The summed E-state index contributed by atoms with van der Waals surface area (Å²) >= 11 is 12.8. The summed E-state index contributed by atoms with van der Waals surface area (Å²) in [7, 11) is 1.67. The van der Waals surface area contributed by atoms with Gasteiger partial charge in [-0.25, -0.2) is 0 Å². The lowest BCUT2D eigenvalue weighted by Gasteiger charge is -2.06. The highest BCUT2D eigenvalue weighted by molar-refractivity contribution is 9.13. The SMILES string of the molecule is CNC(=S)NNC(=O)c1cc(Br)c(Br)s1. The van der Waals surface area contributed by atoms with Crippen LogP contribution in [0.4, 0.5) is 0 Å². The van der Waals surface area contributed by atoms with Gasteiger partial charge in [-0.1, -0.05) is 0 Å². The Morgan fingerprint density at radius 2 is 2.13 bits per heavy atom. The van der Waals surface area contributed by atoms with E-state index in [9.17, 15) is 4.79 Å².